The monoisotopic (exact) mass is 441 g/mol. The van der Waals surface area contributed by atoms with Gasteiger partial charge in [0.05, 0.1) is 10.7 Å². The smallest absolute Gasteiger partial charge is 0.125 e. The molecule has 0 amide bonds. The summed E-state index contributed by atoms with van der Waals surface area (Å²) in [6.07, 6.45) is 0. The van der Waals surface area contributed by atoms with Crippen LogP contribution in [0.2, 0.25) is 15.1 Å². The van der Waals surface area contributed by atoms with Crippen molar-refractivity contribution in [3.8, 4) is 5.75 Å². The largest absolute Gasteiger partial charge is 0.489 e. The van der Waals surface area contributed by atoms with Crippen LogP contribution < -0.4 is 10.1 Å². The van der Waals surface area contributed by atoms with Gasteiger partial charge in [0, 0.05) is 22.2 Å². The van der Waals surface area contributed by atoms with Gasteiger partial charge in [0.2, 0.25) is 0 Å². The Morgan fingerprint density at radius 1 is 0.759 bits per heavy atom. The third-order valence-corrected chi connectivity index (χ3v) is 5.46. The minimum Gasteiger partial charge on any atom is -0.489 e. The van der Waals surface area contributed by atoms with E-state index in [1.807, 2.05) is 48.5 Å². The van der Waals surface area contributed by atoms with Gasteiger partial charge in [0.25, 0.3) is 0 Å². The fraction of sp³-hybridized carbons (Fsp3) is 0.0833. The number of nitrogens with one attached hydrogen (secondary N) is 1. The highest BCUT2D eigenvalue weighted by Crippen LogP contribution is 2.31. The first-order valence-corrected chi connectivity index (χ1v) is 10.3. The predicted octanol–water partition coefficient (Wildman–Crippen LogP) is 7.99. The maximum absolute atomic E-state index is 6.31. The molecule has 29 heavy (non-hydrogen) atoms. The highest BCUT2D eigenvalue weighted by molar-refractivity contribution is 6.35. The van der Waals surface area contributed by atoms with E-state index in [0.717, 1.165) is 33.3 Å². The fourth-order valence-corrected chi connectivity index (χ4v) is 3.81. The number of hydrogen-bond donors (Lipinski definition) is 1. The molecule has 1 N–H and O–H groups in total. The van der Waals surface area contributed by atoms with E-state index in [4.69, 9.17) is 39.5 Å². The van der Waals surface area contributed by atoms with Gasteiger partial charge >= 0.3 is 0 Å². The average Bonchev–Trinajstić information content (AvgIpc) is 2.73. The molecule has 0 saturated heterocycles. The molecule has 0 fully saturated rings. The molecule has 0 saturated carbocycles. The number of halogens is 3. The maximum atomic E-state index is 6.31. The molecule has 4 rings (SSSR count). The van der Waals surface area contributed by atoms with E-state index in [9.17, 15) is 0 Å². The zero-order chi connectivity index (χ0) is 20.2. The second-order valence-electron chi connectivity index (χ2n) is 6.66. The lowest BCUT2D eigenvalue weighted by molar-refractivity contribution is 0.304. The van der Waals surface area contributed by atoms with E-state index in [0.29, 0.717) is 28.2 Å². The van der Waals surface area contributed by atoms with Crippen LogP contribution >= 0.6 is 34.8 Å². The SMILES string of the molecule is Clc1cccc(COc2ccc3ccccc3c2CNc2cc(Cl)ccc2Cl)c1. The number of anilines is 1. The molecule has 0 heterocycles. The van der Waals surface area contributed by atoms with Crippen LogP contribution in [0.4, 0.5) is 5.69 Å². The maximum Gasteiger partial charge on any atom is 0.125 e. The van der Waals surface area contributed by atoms with E-state index in [1.54, 1.807) is 12.1 Å². The van der Waals surface area contributed by atoms with E-state index >= 15 is 0 Å². The van der Waals surface area contributed by atoms with E-state index in [1.165, 1.54) is 0 Å². The second-order valence-corrected chi connectivity index (χ2v) is 7.94. The Labute approximate surface area is 185 Å². The molecule has 0 aliphatic carbocycles. The van der Waals surface area contributed by atoms with Crippen LogP contribution in [0.1, 0.15) is 11.1 Å². The van der Waals surface area contributed by atoms with Gasteiger partial charge in [-0.3, -0.25) is 0 Å². The van der Waals surface area contributed by atoms with E-state index < -0.39 is 0 Å². The van der Waals surface area contributed by atoms with Crippen LogP contribution in [-0.2, 0) is 13.2 Å². The minimum absolute atomic E-state index is 0.434. The summed E-state index contributed by atoms with van der Waals surface area (Å²) in [5.74, 6) is 0.814. The minimum atomic E-state index is 0.434. The van der Waals surface area contributed by atoms with Crippen LogP contribution in [0.3, 0.4) is 0 Å². The van der Waals surface area contributed by atoms with Crippen LogP contribution in [0.5, 0.6) is 5.75 Å². The lowest BCUT2D eigenvalue weighted by Crippen LogP contribution is -2.05. The third kappa shape index (κ3) is 4.79. The van der Waals surface area contributed by atoms with Gasteiger partial charge in [-0.25, -0.2) is 0 Å². The van der Waals surface area contributed by atoms with Gasteiger partial charge in [-0.15, -0.1) is 0 Å². The summed E-state index contributed by atoms with van der Waals surface area (Å²) in [4.78, 5) is 0. The zero-order valence-electron chi connectivity index (χ0n) is 15.5. The molecule has 0 aliphatic rings. The quantitative estimate of drug-likeness (QED) is 0.327. The highest BCUT2D eigenvalue weighted by Gasteiger charge is 2.11. The first-order valence-electron chi connectivity index (χ1n) is 9.17. The van der Waals surface area contributed by atoms with Crippen LogP contribution in [-0.4, -0.2) is 0 Å². The standard InChI is InChI=1S/C24H18Cl3NO/c25-18-6-3-4-16(12-18)15-29-24-11-8-17-5-1-2-7-20(17)21(24)14-28-23-13-19(26)9-10-22(23)27/h1-13,28H,14-15H2. The molecule has 146 valence electrons. The molecule has 0 bridgehead atoms. The van der Waals surface area contributed by atoms with Crippen molar-refractivity contribution in [1.29, 1.82) is 0 Å². The third-order valence-electron chi connectivity index (χ3n) is 4.66. The van der Waals surface area contributed by atoms with Gasteiger partial charge < -0.3 is 10.1 Å². The summed E-state index contributed by atoms with van der Waals surface area (Å²) in [6.45, 7) is 0.982. The highest BCUT2D eigenvalue weighted by atomic mass is 35.5. The van der Waals surface area contributed by atoms with Crippen molar-refractivity contribution in [3.05, 3.63) is 105 Å². The molecular formula is C24H18Cl3NO. The normalized spacial score (nSPS) is 10.9. The molecule has 0 atom stereocenters. The number of hydrogen-bond acceptors (Lipinski definition) is 2. The average molecular weight is 443 g/mol. The Balaban J connectivity index is 1.64. The van der Waals surface area contributed by atoms with Gasteiger partial charge in [-0.05, 0) is 52.7 Å². The van der Waals surface area contributed by atoms with Crippen LogP contribution in [0.15, 0.2) is 78.9 Å². The van der Waals surface area contributed by atoms with Gasteiger partial charge in [-0.2, -0.15) is 0 Å². The van der Waals surface area contributed by atoms with Crippen molar-refractivity contribution < 1.29 is 4.74 Å². The molecule has 2 nitrogen and oxygen atoms in total. The molecule has 0 aliphatic heterocycles. The Morgan fingerprint density at radius 2 is 1.59 bits per heavy atom. The lowest BCUT2D eigenvalue weighted by atomic mass is 10.0. The topological polar surface area (TPSA) is 21.3 Å². The zero-order valence-corrected chi connectivity index (χ0v) is 17.7. The Kier molecular flexibility index (Phi) is 6.15. The van der Waals surface area contributed by atoms with Crippen LogP contribution in [0.25, 0.3) is 10.8 Å². The summed E-state index contributed by atoms with van der Waals surface area (Å²) in [7, 11) is 0. The van der Waals surface area contributed by atoms with Crippen molar-refractivity contribution in [2.24, 2.45) is 0 Å². The number of benzene rings is 4. The van der Waals surface area contributed by atoms with Crippen molar-refractivity contribution in [1.82, 2.24) is 0 Å². The molecule has 0 radical (unpaired) electrons. The summed E-state index contributed by atoms with van der Waals surface area (Å²) < 4.78 is 6.17. The second kappa shape index (κ2) is 8.96. The summed E-state index contributed by atoms with van der Waals surface area (Å²) >= 11 is 18.5. The molecule has 0 unspecified atom stereocenters. The van der Waals surface area contributed by atoms with E-state index in [-0.39, 0.29) is 0 Å². The first-order chi connectivity index (χ1) is 14.1. The summed E-state index contributed by atoms with van der Waals surface area (Å²) in [5.41, 5.74) is 2.86. The lowest BCUT2D eigenvalue weighted by Gasteiger charge is -2.16. The van der Waals surface area contributed by atoms with Crippen molar-refractivity contribution in [2.75, 3.05) is 5.32 Å². The number of rotatable bonds is 6. The molecule has 4 aromatic rings. The number of ether oxygens (including phenoxy) is 1. The van der Waals surface area contributed by atoms with Crippen molar-refractivity contribution in [2.45, 2.75) is 13.2 Å². The Morgan fingerprint density at radius 3 is 2.45 bits per heavy atom. The predicted molar refractivity (Wildman–Crippen MR) is 124 cm³/mol. The molecular weight excluding hydrogens is 425 g/mol. The van der Waals surface area contributed by atoms with Crippen molar-refractivity contribution in [3.63, 3.8) is 0 Å². The Bertz CT molecular complexity index is 1160. The van der Waals surface area contributed by atoms with Crippen molar-refractivity contribution >= 4 is 51.3 Å². The molecule has 0 aromatic heterocycles. The summed E-state index contributed by atoms with van der Waals surface area (Å²) in [5, 5.41) is 7.62. The molecule has 5 heteroatoms. The first kappa shape index (κ1) is 19.9. The van der Waals surface area contributed by atoms with Gasteiger partial charge in [0.15, 0.2) is 0 Å². The van der Waals surface area contributed by atoms with Gasteiger partial charge in [-0.1, -0.05) is 77.3 Å². The van der Waals surface area contributed by atoms with Gasteiger partial charge in [0.1, 0.15) is 12.4 Å². The van der Waals surface area contributed by atoms with E-state index in [2.05, 4.69) is 23.5 Å². The Hall–Kier alpha value is -2.39. The van der Waals surface area contributed by atoms with Crippen LogP contribution in [0, 0.1) is 0 Å². The molecule has 0 spiro atoms. The molecule has 4 aromatic carbocycles. The number of fused-ring (bicyclic) bond motifs is 1. The fourth-order valence-electron chi connectivity index (χ4n) is 3.24. The summed E-state index contributed by atoms with van der Waals surface area (Å²) in [6, 6.07) is 25.4.